The molecule has 1 aromatic heterocycles. The van der Waals surface area contributed by atoms with Gasteiger partial charge < -0.3 is 0 Å². The minimum atomic E-state index is 0.0478. The molecule has 0 N–H and O–H groups in total. The Hall–Kier alpha value is 0.01000. The zero-order chi connectivity index (χ0) is 12.0. The third-order valence-electron chi connectivity index (χ3n) is 2.30. The number of carbonyl (C=O) groups is 1. The Balaban J connectivity index is 2.36. The van der Waals surface area contributed by atoms with E-state index >= 15 is 0 Å². The number of thioether (sulfide) groups is 1. The van der Waals surface area contributed by atoms with Crippen LogP contribution >= 0.6 is 34.7 Å². The van der Waals surface area contributed by atoms with Crippen LogP contribution in [0.2, 0.25) is 4.34 Å². The Labute approximate surface area is 111 Å². The van der Waals surface area contributed by atoms with E-state index < -0.39 is 0 Å². The minimum absolute atomic E-state index is 0.0478. The molecule has 1 rings (SSSR count). The highest BCUT2D eigenvalue weighted by atomic mass is 35.5. The molecule has 16 heavy (non-hydrogen) atoms. The molecule has 0 saturated carbocycles. The number of hydrogen-bond donors (Lipinski definition) is 0. The third kappa shape index (κ3) is 4.48. The molecule has 1 heterocycles. The number of carbonyl (C=O) groups excluding carboxylic acids is 1. The zero-order valence-electron chi connectivity index (χ0n) is 9.66. The third-order valence-corrected chi connectivity index (χ3v) is 4.79. The quantitative estimate of drug-likeness (QED) is 0.521. The normalized spacial score (nSPS) is 12.7. The molecule has 0 amide bonds. The summed E-state index contributed by atoms with van der Waals surface area (Å²) in [5, 5.41) is 0.0478. The van der Waals surface area contributed by atoms with Crippen LogP contribution in [-0.2, 0) is 0 Å². The summed E-state index contributed by atoms with van der Waals surface area (Å²) in [7, 11) is 0. The van der Waals surface area contributed by atoms with Gasteiger partial charge in [0.1, 0.15) is 0 Å². The van der Waals surface area contributed by atoms with Crippen LogP contribution in [0.5, 0.6) is 0 Å². The second kappa shape index (κ2) is 7.36. The molecule has 0 bridgehead atoms. The van der Waals surface area contributed by atoms with Gasteiger partial charge in [0.05, 0.1) is 14.5 Å². The van der Waals surface area contributed by atoms with Crippen molar-refractivity contribution in [3.05, 3.63) is 21.3 Å². The summed E-state index contributed by atoms with van der Waals surface area (Å²) in [5.41, 5.74) is 0. The van der Waals surface area contributed by atoms with Crippen molar-refractivity contribution in [3.8, 4) is 0 Å². The highest BCUT2D eigenvalue weighted by Gasteiger charge is 2.16. The van der Waals surface area contributed by atoms with Crippen LogP contribution in [0.4, 0.5) is 0 Å². The van der Waals surface area contributed by atoms with Crippen molar-refractivity contribution in [3.63, 3.8) is 0 Å². The van der Waals surface area contributed by atoms with Crippen LogP contribution < -0.4 is 0 Å². The van der Waals surface area contributed by atoms with Crippen LogP contribution in [0, 0.1) is 0 Å². The molecule has 1 atom stereocenters. The van der Waals surface area contributed by atoms with Gasteiger partial charge in [-0.2, -0.15) is 11.8 Å². The molecule has 0 aliphatic heterocycles. The van der Waals surface area contributed by atoms with E-state index in [0.29, 0.717) is 4.34 Å². The van der Waals surface area contributed by atoms with E-state index in [9.17, 15) is 4.79 Å². The van der Waals surface area contributed by atoms with Gasteiger partial charge in [0.2, 0.25) is 0 Å². The molecule has 1 unspecified atom stereocenters. The predicted octanol–water partition coefficient (Wildman–Crippen LogP) is 4.90. The van der Waals surface area contributed by atoms with Gasteiger partial charge >= 0.3 is 0 Å². The lowest BCUT2D eigenvalue weighted by Crippen LogP contribution is -2.12. The molecule has 0 aromatic carbocycles. The van der Waals surface area contributed by atoms with Gasteiger partial charge in [-0.25, -0.2) is 0 Å². The average Bonchev–Trinajstić information content (AvgIpc) is 2.70. The fraction of sp³-hybridized carbons (Fsp3) is 0.583. The zero-order valence-corrected chi connectivity index (χ0v) is 12.1. The van der Waals surface area contributed by atoms with Gasteiger partial charge in [-0.05, 0) is 31.2 Å². The van der Waals surface area contributed by atoms with Crippen molar-refractivity contribution in [1.82, 2.24) is 0 Å². The van der Waals surface area contributed by atoms with Crippen molar-refractivity contribution < 1.29 is 4.79 Å². The summed E-state index contributed by atoms with van der Waals surface area (Å²) in [6.07, 6.45) is 3.67. The van der Waals surface area contributed by atoms with Crippen LogP contribution in [-0.4, -0.2) is 16.8 Å². The Morgan fingerprint density at radius 3 is 2.81 bits per heavy atom. The van der Waals surface area contributed by atoms with Crippen molar-refractivity contribution in [2.45, 2.75) is 38.4 Å². The molecule has 1 nitrogen and oxygen atoms in total. The number of unbranched alkanes of at least 4 members (excludes halogenated alkanes) is 2. The van der Waals surface area contributed by atoms with Crippen LogP contribution in [0.1, 0.15) is 42.8 Å². The van der Waals surface area contributed by atoms with E-state index in [-0.39, 0.29) is 11.0 Å². The summed E-state index contributed by atoms with van der Waals surface area (Å²) in [5.74, 6) is 1.28. The number of rotatable bonds is 7. The topological polar surface area (TPSA) is 17.1 Å². The second-order valence-corrected chi connectivity index (χ2v) is 6.85. The Kier molecular flexibility index (Phi) is 6.47. The molecule has 1 aromatic rings. The SMILES string of the molecule is CCCCCSC(C)C(=O)c1ccc(Cl)s1. The van der Waals surface area contributed by atoms with Crippen molar-refractivity contribution in [2.24, 2.45) is 0 Å². The molecule has 0 fully saturated rings. The van der Waals surface area contributed by atoms with Crippen LogP contribution in [0.15, 0.2) is 12.1 Å². The van der Waals surface area contributed by atoms with Gasteiger partial charge in [-0.3, -0.25) is 4.79 Å². The molecule has 0 radical (unpaired) electrons. The number of hydrogen-bond acceptors (Lipinski definition) is 3. The predicted molar refractivity (Wildman–Crippen MR) is 75.1 cm³/mol. The van der Waals surface area contributed by atoms with E-state index in [2.05, 4.69) is 6.92 Å². The minimum Gasteiger partial charge on any atom is -0.292 e. The monoisotopic (exact) mass is 276 g/mol. The lowest BCUT2D eigenvalue weighted by atomic mass is 10.2. The molecular formula is C12H17ClOS2. The first-order valence-electron chi connectivity index (χ1n) is 5.56. The van der Waals surface area contributed by atoms with E-state index in [1.165, 1.54) is 30.6 Å². The Morgan fingerprint density at radius 2 is 2.25 bits per heavy atom. The number of halogens is 1. The summed E-state index contributed by atoms with van der Waals surface area (Å²) in [6.45, 7) is 4.17. The maximum atomic E-state index is 12.0. The standard InChI is InChI=1S/C12H17ClOS2/c1-3-4-5-8-15-9(2)12(14)10-6-7-11(13)16-10/h6-7,9H,3-5,8H2,1-2H3. The molecule has 0 saturated heterocycles. The first kappa shape index (κ1) is 14.1. The molecule has 0 aliphatic carbocycles. The molecule has 0 aliphatic rings. The Bertz CT molecular complexity index is 336. The van der Waals surface area contributed by atoms with Gasteiger partial charge in [-0.15, -0.1) is 11.3 Å². The Morgan fingerprint density at radius 1 is 1.50 bits per heavy atom. The lowest BCUT2D eigenvalue weighted by Gasteiger charge is -2.08. The van der Waals surface area contributed by atoms with Gasteiger partial charge in [0.25, 0.3) is 0 Å². The molecule has 4 heteroatoms. The summed E-state index contributed by atoms with van der Waals surface area (Å²) >= 11 is 8.93. The van der Waals surface area contributed by atoms with Crippen molar-refractivity contribution in [2.75, 3.05) is 5.75 Å². The highest BCUT2D eigenvalue weighted by molar-refractivity contribution is 8.00. The van der Waals surface area contributed by atoms with Crippen molar-refractivity contribution in [1.29, 1.82) is 0 Å². The van der Waals surface area contributed by atoms with Gasteiger partial charge in [0.15, 0.2) is 5.78 Å². The number of Topliss-reactive ketones (excluding diaryl/α,β-unsaturated/α-hetero) is 1. The summed E-state index contributed by atoms with van der Waals surface area (Å²) < 4.78 is 0.687. The maximum absolute atomic E-state index is 12.0. The lowest BCUT2D eigenvalue weighted by molar-refractivity contribution is 0.0998. The molecular weight excluding hydrogens is 260 g/mol. The smallest absolute Gasteiger partial charge is 0.185 e. The second-order valence-electron chi connectivity index (χ2n) is 3.69. The largest absolute Gasteiger partial charge is 0.292 e. The van der Waals surface area contributed by atoms with E-state index in [1.807, 2.05) is 13.0 Å². The maximum Gasteiger partial charge on any atom is 0.185 e. The van der Waals surface area contributed by atoms with E-state index in [4.69, 9.17) is 11.6 Å². The average molecular weight is 277 g/mol. The first-order chi connectivity index (χ1) is 7.65. The van der Waals surface area contributed by atoms with E-state index in [0.717, 1.165) is 10.6 Å². The van der Waals surface area contributed by atoms with E-state index in [1.54, 1.807) is 17.8 Å². The number of ketones is 1. The summed E-state index contributed by atoms with van der Waals surface area (Å²) in [6, 6.07) is 3.60. The first-order valence-corrected chi connectivity index (χ1v) is 7.80. The fourth-order valence-corrected chi connectivity index (χ4v) is 3.48. The number of thiophene rings is 1. The fourth-order valence-electron chi connectivity index (χ4n) is 1.33. The molecule has 90 valence electrons. The van der Waals surface area contributed by atoms with Crippen molar-refractivity contribution >= 4 is 40.5 Å². The van der Waals surface area contributed by atoms with Gasteiger partial charge in [-0.1, -0.05) is 31.4 Å². The van der Waals surface area contributed by atoms with Crippen LogP contribution in [0.25, 0.3) is 0 Å². The van der Waals surface area contributed by atoms with Gasteiger partial charge in [0, 0.05) is 0 Å². The highest BCUT2D eigenvalue weighted by Crippen LogP contribution is 2.26. The molecule has 0 spiro atoms. The van der Waals surface area contributed by atoms with Crippen LogP contribution in [0.3, 0.4) is 0 Å². The summed E-state index contributed by atoms with van der Waals surface area (Å²) in [4.78, 5) is 12.7.